The van der Waals surface area contributed by atoms with Gasteiger partial charge in [0, 0.05) is 18.0 Å². The maximum Gasteiger partial charge on any atom is 0.120 e. The standard InChI is InChI=1S/C11H13NO/c1-9-6-10(8-12-7-9)4-5-11(2,3)13/h6-8,13H,1-3H3. The first-order valence-corrected chi connectivity index (χ1v) is 4.14. The Morgan fingerprint density at radius 3 is 2.62 bits per heavy atom. The van der Waals surface area contributed by atoms with Crippen molar-refractivity contribution in [1.29, 1.82) is 0 Å². The van der Waals surface area contributed by atoms with Crippen molar-refractivity contribution in [3.8, 4) is 11.8 Å². The molecule has 0 spiro atoms. The fourth-order valence-electron chi connectivity index (χ4n) is 0.848. The number of rotatable bonds is 0. The lowest BCUT2D eigenvalue weighted by atomic mass is 10.1. The van der Waals surface area contributed by atoms with Crippen molar-refractivity contribution in [1.82, 2.24) is 4.98 Å². The molecule has 2 nitrogen and oxygen atoms in total. The maximum absolute atomic E-state index is 9.35. The molecule has 0 saturated heterocycles. The third-order valence-corrected chi connectivity index (χ3v) is 1.39. The molecule has 0 radical (unpaired) electrons. The van der Waals surface area contributed by atoms with Crippen LogP contribution in [0.5, 0.6) is 0 Å². The largest absolute Gasteiger partial charge is 0.378 e. The molecule has 0 aromatic carbocycles. The fraction of sp³-hybridized carbons (Fsp3) is 0.364. The van der Waals surface area contributed by atoms with Crippen LogP contribution in [0.15, 0.2) is 18.5 Å². The van der Waals surface area contributed by atoms with Gasteiger partial charge in [0.2, 0.25) is 0 Å². The lowest BCUT2D eigenvalue weighted by Crippen LogP contribution is -2.14. The van der Waals surface area contributed by atoms with Gasteiger partial charge < -0.3 is 5.11 Å². The molecule has 1 rings (SSSR count). The molecule has 13 heavy (non-hydrogen) atoms. The van der Waals surface area contributed by atoms with E-state index >= 15 is 0 Å². The summed E-state index contributed by atoms with van der Waals surface area (Å²) in [5, 5.41) is 9.35. The van der Waals surface area contributed by atoms with Crippen LogP contribution in [0.2, 0.25) is 0 Å². The molecule has 0 aliphatic rings. The molecule has 2 heteroatoms. The molecule has 1 N–H and O–H groups in total. The molecular weight excluding hydrogens is 162 g/mol. The van der Waals surface area contributed by atoms with E-state index in [2.05, 4.69) is 16.8 Å². The van der Waals surface area contributed by atoms with Crippen LogP contribution in [0, 0.1) is 18.8 Å². The number of hydrogen-bond donors (Lipinski definition) is 1. The van der Waals surface area contributed by atoms with Crippen LogP contribution in [-0.4, -0.2) is 15.7 Å². The zero-order valence-corrected chi connectivity index (χ0v) is 8.13. The van der Waals surface area contributed by atoms with Crippen LogP contribution in [0.25, 0.3) is 0 Å². The van der Waals surface area contributed by atoms with Gasteiger partial charge in [-0.25, -0.2) is 0 Å². The van der Waals surface area contributed by atoms with Gasteiger partial charge in [-0.2, -0.15) is 0 Å². The fourth-order valence-corrected chi connectivity index (χ4v) is 0.848. The Kier molecular flexibility index (Phi) is 2.69. The van der Waals surface area contributed by atoms with Gasteiger partial charge >= 0.3 is 0 Å². The van der Waals surface area contributed by atoms with E-state index in [0.29, 0.717) is 0 Å². The van der Waals surface area contributed by atoms with Crippen LogP contribution in [0.1, 0.15) is 25.0 Å². The van der Waals surface area contributed by atoms with E-state index < -0.39 is 5.60 Å². The summed E-state index contributed by atoms with van der Waals surface area (Å²) in [7, 11) is 0. The summed E-state index contributed by atoms with van der Waals surface area (Å²) in [6.07, 6.45) is 3.46. The highest BCUT2D eigenvalue weighted by molar-refractivity contribution is 5.35. The summed E-state index contributed by atoms with van der Waals surface area (Å²) < 4.78 is 0. The summed E-state index contributed by atoms with van der Waals surface area (Å²) >= 11 is 0. The molecule has 0 unspecified atom stereocenters. The minimum Gasteiger partial charge on any atom is -0.378 e. The molecule has 68 valence electrons. The van der Waals surface area contributed by atoms with Crippen molar-refractivity contribution < 1.29 is 5.11 Å². The summed E-state index contributed by atoms with van der Waals surface area (Å²) in [5.74, 6) is 5.59. The molecule has 1 heterocycles. The number of aliphatic hydroxyl groups is 1. The number of aryl methyl sites for hydroxylation is 1. The quantitative estimate of drug-likeness (QED) is 0.606. The second-order valence-electron chi connectivity index (χ2n) is 3.56. The molecule has 0 bridgehead atoms. The lowest BCUT2D eigenvalue weighted by molar-refractivity contribution is 0.143. The van der Waals surface area contributed by atoms with Crippen molar-refractivity contribution >= 4 is 0 Å². The number of hydrogen-bond acceptors (Lipinski definition) is 2. The molecule has 0 saturated carbocycles. The van der Waals surface area contributed by atoms with Crippen LogP contribution in [0.4, 0.5) is 0 Å². The topological polar surface area (TPSA) is 33.1 Å². The van der Waals surface area contributed by atoms with Gasteiger partial charge in [-0.15, -0.1) is 0 Å². The summed E-state index contributed by atoms with van der Waals surface area (Å²) in [5.41, 5.74) is 0.966. The molecule has 0 aliphatic heterocycles. The minimum absolute atomic E-state index is 0.835. The highest BCUT2D eigenvalue weighted by Gasteiger charge is 2.05. The zero-order chi connectivity index (χ0) is 9.90. The average Bonchev–Trinajstić information content (AvgIpc) is 2.00. The van der Waals surface area contributed by atoms with Crippen LogP contribution in [0.3, 0.4) is 0 Å². The first-order valence-electron chi connectivity index (χ1n) is 4.14. The Morgan fingerprint density at radius 1 is 1.38 bits per heavy atom. The molecule has 0 atom stereocenters. The predicted octanol–water partition coefficient (Wildman–Crippen LogP) is 1.51. The maximum atomic E-state index is 9.35. The van der Waals surface area contributed by atoms with Crippen molar-refractivity contribution in [2.24, 2.45) is 0 Å². The Hall–Kier alpha value is -1.33. The van der Waals surface area contributed by atoms with Crippen molar-refractivity contribution in [3.05, 3.63) is 29.6 Å². The highest BCUT2D eigenvalue weighted by atomic mass is 16.3. The van der Waals surface area contributed by atoms with Crippen molar-refractivity contribution in [3.63, 3.8) is 0 Å². The van der Waals surface area contributed by atoms with Gasteiger partial charge in [0.05, 0.1) is 0 Å². The van der Waals surface area contributed by atoms with Crippen LogP contribution < -0.4 is 0 Å². The second kappa shape index (κ2) is 3.59. The average molecular weight is 175 g/mol. The Balaban J connectivity index is 2.90. The Morgan fingerprint density at radius 2 is 2.08 bits per heavy atom. The molecule has 0 aliphatic carbocycles. The Labute approximate surface area is 78.6 Å². The van der Waals surface area contributed by atoms with E-state index in [1.165, 1.54) is 0 Å². The van der Waals surface area contributed by atoms with Gasteiger partial charge in [-0.05, 0) is 32.4 Å². The van der Waals surface area contributed by atoms with Gasteiger partial charge in [0.25, 0.3) is 0 Å². The normalized spacial score (nSPS) is 10.5. The summed E-state index contributed by atoms with van der Waals surface area (Å²) in [4.78, 5) is 4.00. The van der Waals surface area contributed by atoms with Crippen molar-refractivity contribution in [2.75, 3.05) is 0 Å². The van der Waals surface area contributed by atoms with Gasteiger partial charge in [-0.1, -0.05) is 11.8 Å². The molecule has 0 amide bonds. The van der Waals surface area contributed by atoms with E-state index in [4.69, 9.17) is 0 Å². The van der Waals surface area contributed by atoms with E-state index in [9.17, 15) is 5.11 Å². The number of aromatic nitrogens is 1. The Bertz CT molecular complexity index is 352. The van der Waals surface area contributed by atoms with Gasteiger partial charge in [0.1, 0.15) is 5.60 Å². The van der Waals surface area contributed by atoms with Gasteiger partial charge in [-0.3, -0.25) is 4.98 Å². The first kappa shape index (κ1) is 9.76. The third kappa shape index (κ3) is 3.73. The minimum atomic E-state index is -0.941. The molecule has 0 fully saturated rings. The van der Waals surface area contributed by atoms with Crippen molar-refractivity contribution in [2.45, 2.75) is 26.4 Å². The van der Waals surface area contributed by atoms with E-state index in [1.54, 1.807) is 26.2 Å². The highest BCUT2D eigenvalue weighted by Crippen LogP contribution is 2.01. The monoisotopic (exact) mass is 175 g/mol. The molecule has 1 aromatic heterocycles. The van der Waals surface area contributed by atoms with E-state index in [0.717, 1.165) is 11.1 Å². The van der Waals surface area contributed by atoms with Crippen LogP contribution in [-0.2, 0) is 0 Å². The third-order valence-electron chi connectivity index (χ3n) is 1.39. The van der Waals surface area contributed by atoms with Crippen LogP contribution >= 0.6 is 0 Å². The summed E-state index contributed by atoms with van der Waals surface area (Å²) in [6, 6.07) is 1.94. The summed E-state index contributed by atoms with van der Waals surface area (Å²) in [6.45, 7) is 5.27. The smallest absolute Gasteiger partial charge is 0.120 e. The predicted molar refractivity (Wildman–Crippen MR) is 52.1 cm³/mol. The first-order chi connectivity index (χ1) is 5.97. The van der Waals surface area contributed by atoms with Gasteiger partial charge in [0.15, 0.2) is 0 Å². The lowest BCUT2D eigenvalue weighted by Gasteiger charge is -2.05. The van der Waals surface area contributed by atoms with E-state index in [1.807, 2.05) is 13.0 Å². The SMILES string of the molecule is Cc1cncc(C#CC(C)(C)O)c1. The second-order valence-corrected chi connectivity index (χ2v) is 3.56. The molecular formula is C11H13NO. The zero-order valence-electron chi connectivity index (χ0n) is 8.13. The number of pyridine rings is 1. The van der Waals surface area contributed by atoms with E-state index in [-0.39, 0.29) is 0 Å². The number of nitrogens with zero attached hydrogens (tertiary/aromatic N) is 1. The molecule has 1 aromatic rings.